The number of rotatable bonds is 7. The number of piperidine rings is 1. The van der Waals surface area contributed by atoms with Gasteiger partial charge in [-0.05, 0) is 61.1 Å². The van der Waals surface area contributed by atoms with E-state index in [-0.39, 0.29) is 11.7 Å². The Morgan fingerprint density at radius 2 is 2.07 bits per heavy atom. The summed E-state index contributed by atoms with van der Waals surface area (Å²) in [6, 6.07) is 12.8. The Bertz CT molecular complexity index is 957. The number of carbonyl (C=O) groups excluding carboxylic acids is 1. The topological polar surface area (TPSA) is 53.3 Å². The van der Waals surface area contributed by atoms with Crippen LogP contribution >= 0.6 is 0 Å². The van der Waals surface area contributed by atoms with E-state index in [1.54, 1.807) is 7.11 Å². The first kappa shape index (κ1) is 20.9. The van der Waals surface area contributed by atoms with Crippen LogP contribution in [0.2, 0.25) is 0 Å². The van der Waals surface area contributed by atoms with Gasteiger partial charge >= 0.3 is 0 Å². The van der Waals surface area contributed by atoms with Crippen molar-refractivity contribution in [3.8, 4) is 11.8 Å². The molecule has 1 unspecified atom stereocenters. The molecule has 30 heavy (non-hydrogen) atoms. The Hall–Kier alpha value is -2.38. The second-order valence-electron chi connectivity index (χ2n) is 8.91. The summed E-state index contributed by atoms with van der Waals surface area (Å²) in [5.74, 6) is 1.60. The average Bonchev–Trinajstić information content (AvgIpc) is 2.73. The molecule has 4 heteroatoms. The fourth-order valence-corrected chi connectivity index (χ4v) is 5.32. The number of fused-ring (bicyclic) bond motifs is 1. The summed E-state index contributed by atoms with van der Waals surface area (Å²) in [7, 11) is 1.63. The SMILES string of the molecule is CCC[C@@H]1CCN(C2CCC2)CC1C(=O)c1ccc2c(CC#N)c(OC)ccc2c1. The summed E-state index contributed by atoms with van der Waals surface area (Å²) in [4.78, 5) is 16.2. The van der Waals surface area contributed by atoms with Gasteiger partial charge in [0.1, 0.15) is 5.75 Å². The lowest BCUT2D eigenvalue weighted by molar-refractivity contribution is 0.0390. The molecule has 1 saturated heterocycles. The van der Waals surface area contributed by atoms with Gasteiger partial charge in [-0.1, -0.05) is 38.0 Å². The first-order chi connectivity index (χ1) is 14.7. The van der Waals surface area contributed by atoms with E-state index < -0.39 is 0 Å². The summed E-state index contributed by atoms with van der Waals surface area (Å²) < 4.78 is 5.45. The van der Waals surface area contributed by atoms with Gasteiger partial charge in [-0.2, -0.15) is 5.26 Å². The fraction of sp³-hybridized carbons (Fsp3) is 0.538. The molecule has 2 aliphatic rings. The first-order valence-electron chi connectivity index (χ1n) is 11.4. The number of hydrogen-bond acceptors (Lipinski definition) is 4. The third-order valence-corrected chi connectivity index (χ3v) is 7.22. The zero-order valence-corrected chi connectivity index (χ0v) is 18.2. The molecule has 0 N–H and O–H groups in total. The molecule has 2 fully saturated rings. The van der Waals surface area contributed by atoms with Crippen molar-refractivity contribution in [3.05, 3.63) is 41.5 Å². The van der Waals surface area contributed by atoms with Gasteiger partial charge in [0.15, 0.2) is 5.78 Å². The van der Waals surface area contributed by atoms with Gasteiger partial charge in [0.05, 0.1) is 19.6 Å². The number of nitrogens with zero attached hydrogens (tertiary/aromatic N) is 2. The molecule has 2 atom stereocenters. The van der Waals surface area contributed by atoms with E-state index in [1.165, 1.54) is 19.3 Å². The van der Waals surface area contributed by atoms with Gasteiger partial charge in [0.2, 0.25) is 0 Å². The molecule has 1 saturated carbocycles. The van der Waals surface area contributed by atoms with Crippen molar-refractivity contribution in [1.82, 2.24) is 4.90 Å². The normalized spacial score (nSPS) is 22.4. The van der Waals surface area contributed by atoms with Gasteiger partial charge in [0, 0.05) is 29.6 Å². The molecular formula is C26H32N2O2. The van der Waals surface area contributed by atoms with Crippen LogP contribution in [0.1, 0.15) is 61.4 Å². The first-order valence-corrected chi connectivity index (χ1v) is 11.4. The van der Waals surface area contributed by atoms with Crippen LogP contribution in [0.3, 0.4) is 0 Å². The maximum absolute atomic E-state index is 13.6. The molecule has 0 spiro atoms. The predicted molar refractivity (Wildman–Crippen MR) is 120 cm³/mol. The molecule has 0 radical (unpaired) electrons. The van der Waals surface area contributed by atoms with E-state index >= 15 is 0 Å². The molecular weight excluding hydrogens is 372 g/mol. The molecule has 4 nitrogen and oxygen atoms in total. The zero-order valence-electron chi connectivity index (χ0n) is 18.2. The van der Waals surface area contributed by atoms with Crippen LogP contribution < -0.4 is 4.74 Å². The third-order valence-electron chi connectivity index (χ3n) is 7.22. The lowest BCUT2D eigenvalue weighted by atomic mass is 9.76. The van der Waals surface area contributed by atoms with Crippen LogP contribution in [0.15, 0.2) is 30.3 Å². The van der Waals surface area contributed by atoms with E-state index in [1.807, 2.05) is 30.3 Å². The van der Waals surface area contributed by atoms with Crippen molar-refractivity contribution in [2.75, 3.05) is 20.2 Å². The van der Waals surface area contributed by atoms with Crippen LogP contribution in [-0.2, 0) is 6.42 Å². The monoisotopic (exact) mass is 404 g/mol. The summed E-state index contributed by atoms with van der Waals surface area (Å²) in [6.07, 6.45) is 7.61. The van der Waals surface area contributed by atoms with Crippen molar-refractivity contribution in [2.24, 2.45) is 11.8 Å². The summed E-state index contributed by atoms with van der Waals surface area (Å²) in [5.41, 5.74) is 1.70. The largest absolute Gasteiger partial charge is 0.496 e. The molecule has 0 aromatic heterocycles. The number of ether oxygens (including phenoxy) is 1. The van der Waals surface area contributed by atoms with Crippen LogP contribution in [0.5, 0.6) is 5.75 Å². The number of ketones is 1. The van der Waals surface area contributed by atoms with Crippen molar-refractivity contribution in [1.29, 1.82) is 5.26 Å². The molecule has 0 amide bonds. The second-order valence-corrected chi connectivity index (χ2v) is 8.91. The summed E-state index contributed by atoms with van der Waals surface area (Å²) in [6.45, 7) is 4.28. The molecule has 0 bridgehead atoms. The van der Waals surface area contributed by atoms with Crippen LogP contribution in [0.25, 0.3) is 10.8 Å². The van der Waals surface area contributed by atoms with Gasteiger partial charge in [-0.3, -0.25) is 9.69 Å². The Morgan fingerprint density at radius 3 is 2.73 bits per heavy atom. The second kappa shape index (κ2) is 9.18. The van der Waals surface area contributed by atoms with Gasteiger partial charge in [0.25, 0.3) is 0 Å². The minimum Gasteiger partial charge on any atom is -0.496 e. The molecule has 4 rings (SSSR count). The number of hydrogen-bond donors (Lipinski definition) is 0. The van der Waals surface area contributed by atoms with Gasteiger partial charge < -0.3 is 4.74 Å². The lowest BCUT2D eigenvalue weighted by Crippen LogP contribution is -2.50. The van der Waals surface area contributed by atoms with E-state index in [9.17, 15) is 10.1 Å². The quantitative estimate of drug-likeness (QED) is 0.581. The Kier molecular flexibility index (Phi) is 6.39. The molecule has 158 valence electrons. The molecule has 1 aliphatic carbocycles. The highest BCUT2D eigenvalue weighted by atomic mass is 16.5. The van der Waals surface area contributed by atoms with Crippen LogP contribution in [0.4, 0.5) is 0 Å². The van der Waals surface area contributed by atoms with Crippen LogP contribution in [0, 0.1) is 23.2 Å². The van der Waals surface area contributed by atoms with Crippen molar-refractivity contribution >= 4 is 16.6 Å². The minimum atomic E-state index is 0.0913. The highest BCUT2D eigenvalue weighted by Gasteiger charge is 2.37. The summed E-state index contributed by atoms with van der Waals surface area (Å²) in [5, 5.41) is 11.2. The molecule has 2 aromatic carbocycles. The number of benzene rings is 2. The predicted octanol–water partition coefficient (Wildman–Crippen LogP) is 5.39. The minimum absolute atomic E-state index is 0.0913. The molecule has 2 aromatic rings. The maximum Gasteiger partial charge on any atom is 0.167 e. The van der Waals surface area contributed by atoms with Crippen LogP contribution in [-0.4, -0.2) is 36.9 Å². The van der Waals surface area contributed by atoms with Crippen molar-refractivity contribution < 1.29 is 9.53 Å². The Balaban J connectivity index is 1.63. The van der Waals surface area contributed by atoms with Gasteiger partial charge in [-0.25, -0.2) is 0 Å². The maximum atomic E-state index is 13.6. The number of Topliss-reactive ketones (excluding diaryl/α,β-unsaturated/α-hetero) is 1. The fourth-order valence-electron chi connectivity index (χ4n) is 5.32. The summed E-state index contributed by atoms with van der Waals surface area (Å²) >= 11 is 0. The number of carbonyl (C=O) groups is 1. The zero-order chi connectivity index (χ0) is 21.1. The van der Waals surface area contributed by atoms with E-state index in [0.29, 0.717) is 18.4 Å². The number of methoxy groups -OCH3 is 1. The van der Waals surface area contributed by atoms with E-state index in [0.717, 1.165) is 60.0 Å². The third kappa shape index (κ3) is 3.96. The van der Waals surface area contributed by atoms with E-state index in [4.69, 9.17) is 4.74 Å². The number of nitriles is 1. The smallest absolute Gasteiger partial charge is 0.167 e. The lowest BCUT2D eigenvalue weighted by Gasteiger charge is -2.45. The molecule has 1 aliphatic heterocycles. The highest BCUT2D eigenvalue weighted by molar-refractivity contribution is 6.02. The van der Waals surface area contributed by atoms with Gasteiger partial charge in [-0.15, -0.1) is 0 Å². The standard InChI is InChI=1S/C26H32N2O2/c1-3-5-18-13-15-28(21-6-4-7-21)17-24(18)26(29)20-8-10-22-19(16-20)9-11-25(30-2)23(22)12-14-27/h8-11,16,18,21,24H,3-7,12-13,15,17H2,1-2H3/t18-,24?/m1/s1. The number of likely N-dealkylation sites (tertiary alicyclic amines) is 1. The molecule has 1 heterocycles. The highest BCUT2D eigenvalue weighted by Crippen LogP contribution is 2.36. The Morgan fingerprint density at radius 1 is 1.23 bits per heavy atom. The Labute approximate surface area is 179 Å². The van der Waals surface area contributed by atoms with Crippen molar-refractivity contribution in [2.45, 2.75) is 57.9 Å². The van der Waals surface area contributed by atoms with E-state index in [2.05, 4.69) is 17.9 Å². The van der Waals surface area contributed by atoms with Crippen molar-refractivity contribution in [3.63, 3.8) is 0 Å². The average molecular weight is 405 g/mol.